The molecule has 0 bridgehead atoms. The predicted molar refractivity (Wildman–Crippen MR) is 96.8 cm³/mol. The smallest absolute Gasteiger partial charge is 0.165 e. The summed E-state index contributed by atoms with van der Waals surface area (Å²) < 4.78 is 2.07. The van der Waals surface area contributed by atoms with Gasteiger partial charge in [0.25, 0.3) is 0 Å². The normalized spacial score (nSPS) is 10.9. The van der Waals surface area contributed by atoms with E-state index in [2.05, 4.69) is 31.5 Å². The van der Waals surface area contributed by atoms with Crippen molar-refractivity contribution in [3.8, 4) is 12.3 Å². The molecule has 0 saturated heterocycles. The van der Waals surface area contributed by atoms with Crippen LogP contribution >= 0.6 is 11.6 Å². The molecule has 3 rings (SSSR count). The van der Waals surface area contributed by atoms with Crippen molar-refractivity contribution >= 4 is 28.6 Å². The number of aromatic nitrogens is 4. The van der Waals surface area contributed by atoms with Crippen molar-refractivity contribution in [3.05, 3.63) is 46.5 Å². The standard InChI is InChI=1S/C18H18ClN5/c1-3-4-5-6-24-15(10-13-7-12(2)8-14(19)9-13)23-16-17(20)21-11-22-18(16)24/h1,7-9,11H,4-6,10H2,2H3,(H2,20,21,22). The highest BCUT2D eigenvalue weighted by atomic mass is 35.5. The van der Waals surface area contributed by atoms with Gasteiger partial charge in [0, 0.05) is 24.4 Å². The zero-order chi connectivity index (χ0) is 17.1. The van der Waals surface area contributed by atoms with Gasteiger partial charge in [-0.15, -0.1) is 12.3 Å². The van der Waals surface area contributed by atoms with Crippen molar-refractivity contribution in [1.29, 1.82) is 0 Å². The summed E-state index contributed by atoms with van der Waals surface area (Å²) in [6, 6.07) is 5.99. The second-order valence-electron chi connectivity index (χ2n) is 5.73. The Labute approximate surface area is 145 Å². The first-order valence-corrected chi connectivity index (χ1v) is 8.11. The number of benzene rings is 1. The van der Waals surface area contributed by atoms with Crippen LogP contribution in [0.25, 0.3) is 11.2 Å². The SMILES string of the molecule is C#CCCCn1c(Cc2cc(C)cc(Cl)c2)nc2c(N)ncnc21. The largest absolute Gasteiger partial charge is 0.382 e. The lowest BCUT2D eigenvalue weighted by Crippen LogP contribution is -2.06. The fourth-order valence-electron chi connectivity index (χ4n) is 2.80. The Balaban J connectivity index is 2.03. The maximum atomic E-state index is 6.17. The van der Waals surface area contributed by atoms with Crippen LogP contribution in [0.5, 0.6) is 0 Å². The molecular formula is C18H18ClN5. The summed E-state index contributed by atoms with van der Waals surface area (Å²) in [5, 5.41) is 0.722. The first-order valence-electron chi connectivity index (χ1n) is 7.73. The topological polar surface area (TPSA) is 69.6 Å². The monoisotopic (exact) mass is 339 g/mol. The van der Waals surface area contributed by atoms with Gasteiger partial charge in [0.1, 0.15) is 12.2 Å². The zero-order valence-corrected chi connectivity index (χ0v) is 14.2. The van der Waals surface area contributed by atoms with Crippen molar-refractivity contribution in [2.75, 3.05) is 5.73 Å². The number of hydrogen-bond acceptors (Lipinski definition) is 4. The second kappa shape index (κ2) is 6.90. The summed E-state index contributed by atoms with van der Waals surface area (Å²) in [5.74, 6) is 3.94. The molecule has 2 N–H and O–H groups in total. The Hall–Kier alpha value is -2.58. The lowest BCUT2D eigenvalue weighted by molar-refractivity contribution is 0.639. The van der Waals surface area contributed by atoms with E-state index < -0.39 is 0 Å². The highest BCUT2D eigenvalue weighted by molar-refractivity contribution is 6.30. The minimum absolute atomic E-state index is 0.388. The van der Waals surface area contributed by atoms with Crippen molar-refractivity contribution in [2.24, 2.45) is 0 Å². The van der Waals surface area contributed by atoms with Crippen molar-refractivity contribution < 1.29 is 0 Å². The maximum absolute atomic E-state index is 6.17. The fourth-order valence-corrected chi connectivity index (χ4v) is 3.12. The quantitative estimate of drug-likeness (QED) is 0.571. The van der Waals surface area contributed by atoms with Gasteiger partial charge in [0.05, 0.1) is 0 Å². The van der Waals surface area contributed by atoms with Crippen LogP contribution in [0.2, 0.25) is 5.02 Å². The number of anilines is 1. The van der Waals surface area contributed by atoms with Gasteiger partial charge in [-0.1, -0.05) is 17.7 Å². The molecule has 1 aromatic carbocycles. The minimum Gasteiger partial charge on any atom is -0.382 e. The van der Waals surface area contributed by atoms with E-state index in [1.54, 1.807) is 0 Å². The van der Waals surface area contributed by atoms with E-state index in [0.29, 0.717) is 24.2 Å². The molecule has 5 nitrogen and oxygen atoms in total. The summed E-state index contributed by atoms with van der Waals surface area (Å²) in [4.78, 5) is 13.0. The molecule has 0 aliphatic carbocycles. The molecule has 6 heteroatoms. The number of terminal acetylenes is 1. The molecular weight excluding hydrogens is 322 g/mol. The highest BCUT2D eigenvalue weighted by Gasteiger charge is 2.15. The maximum Gasteiger partial charge on any atom is 0.165 e. The van der Waals surface area contributed by atoms with Crippen LogP contribution in [0.4, 0.5) is 5.82 Å². The van der Waals surface area contributed by atoms with Crippen LogP contribution in [0.15, 0.2) is 24.5 Å². The van der Waals surface area contributed by atoms with E-state index in [4.69, 9.17) is 23.8 Å². The van der Waals surface area contributed by atoms with E-state index in [9.17, 15) is 0 Å². The molecule has 0 atom stereocenters. The molecule has 0 spiro atoms. The summed E-state index contributed by atoms with van der Waals surface area (Å²) in [6.07, 6.45) is 9.03. The number of aryl methyl sites for hydroxylation is 2. The van der Waals surface area contributed by atoms with Crippen LogP contribution in [0.1, 0.15) is 29.8 Å². The van der Waals surface area contributed by atoms with E-state index >= 15 is 0 Å². The molecule has 122 valence electrons. The molecule has 0 unspecified atom stereocenters. The van der Waals surface area contributed by atoms with Crippen molar-refractivity contribution in [1.82, 2.24) is 19.5 Å². The van der Waals surface area contributed by atoms with E-state index in [-0.39, 0.29) is 0 Å². The number of nitrogen functional groups attached to an aromatic ring is 1. The van der Waals surface area contributed by atoms with Crippen LogP contribution in [-0.2, 0) is 13.0 Å². The molecule has 2 heterocycles. The van der Waals surface area contributed by atoms with Crippen LogP contribution in [0.3, 0.4) is 0 Å². The first-order chi connectivity index (χ1) is 11.6. The molecule has 0 saturated carbocycles. The predicted octanol–water partition coefficient (Wildman–Crippen LogP) is 3.37. The second-order valence-corrected chi connectivity index (χ2v) is 6.17. The molecule has 0 aliphatic heterocycles. The third-order valence-corrected chi connectivity index (χ3v) is 4.02. The Morgan fingerprint density at radius 2 is 2.12 bits per heavy atom. The average Bonchev–Trinajstić information content (AvgIpc) is 2.86. The van der Waals surface area contributed by atoms with Crippen molar-refractivity contribution in [2.45, 2.75) is 32.7 Å². The number of unbranched alkanes of at least 4 members (excludes halogenated alkanes) is 1. The van der Waals surface area contributed by atoms with Gasteiger partial charge in [-0.3, -0.25) is 0 Å². The van der Waals surface area contributed by atoms with E-state index in [0.717, 1.165) is 40.6 Å². The number of hydrogen-bond donors (Lipinski definition) is 1. The number of nitrogens with two attached hydrogens (primary N) is 1. The third-order valence-electron chi connectivity index (χ3n) is 3.81. The Bertz CT molecular complexity index is 903. The van der Waals surface area contributed by atoms with E-state index in [1.807, 2.05) is 19.1 Å². The fraction of sp³-hybridized carbons (Fsp3) is 0.278. The lowest BCUT2D eigenvalue weighted by Gasteiger charge is -2.08. The molecule has 3 aromatic rings. The number of fused-ring (bicyclic) bond motifs is 1. The summed E-state index contributed by atoms with van der Waals surface area (Å²) in [5.41, 5.74) is 9.54. The number of imidazole rings is 1. The van der Waals surface area contributed by atoms with Gasteiger partial charge >= 0.3 is 0 Å². The van der Waals surface area contributed by atoms with E-state index in [1.165, 1.54) is 6.33 Å². The molecule has 2 aromatic heterocycles. The van der Waals surface area contributed by atoms with Crippen LogP contribution in [-0.4, -0.2) is 19.5 Å². The lowest BCUT2D eigenvalue weighted by atomic mass is 10.1. The molecule has 0 fully saturated rings. The highest BCUT2D eigenvalue weighted by Crippen LogP contribution is 2.22. The van der Waals surface area contributed by atoms with Gasteiger partial charge in [0.15, 0.2) is 17.0 Å². The number of nitrogens with zero attached hydrogens (tertiary/aromatic N) is 4. The van der Waals surface area contributed by atoms with Gasteiger partial charge in [-0.05, 0) is 36.6 Å². The summed E-state index contributed by atoms with van der Waals surface area (Å²) in [7, 11) is 0. The van der Waals surface area contributed by atoms with Crippen LogP contribution < -0.4 is 5.73 Å². The minimum atomic E-state index is 0.388. The Morgan fingerprint density at radius 3 is 2.88 bits per heavy atom. The van der Waals surface area contributed by atoms with Gasteiger partial charge in [-0.2, -0.15) is 0 Å². The van der Waals surface area contributed by atoms with Gasteiger partial charge in [0.2, 0.25) is 0 Å². The average molecular weight is 340 g/mol. The Kier molecular flexibility index (Phi) is 4.68. The molecule has 0 amide bonds. The third kappa shape index (κ3) is 3.34. The van der Waals surface area contributed by atoms with Gasteiger partial charge in [-0.25, -0.2) is 15.0 Å². The first kappa shape index (κ1) is 16.3. The molecule has 24 heavy (non-hydrogen) atoms. The van der Waals surface area contributed by atoms with Crippen LogP contribution in [0, 0.1) is 19.3 Å². The summed E-state index contributed by atoms with van der Waals surface area (Å²) >= 11 is 6.17. The van der Waals surface area contributed by atoms with Gasteiger partial charge < -0.3 is 10.3 Å². The number of halogens is 1. The summed E-state index contributed by atoms with van der Waals surface area (Å²) in [6.45, 7) is 2.76. The Morgan fingerprint density at radius 1 is 1.29 bits per heavy atom. The molecule has 0 aliphatic rings. The molecule has 0 radical (unpaired) electrons. The number of rotatable bonds is 5. The zero-order valence-electron chi connectivity index (χ0n) is 13.5. The van der Waals surface area contributed by atoms with Crippen molar-refractivity contribution in [3.63, 3.8) is 0 Å².